The Bertz CT molecular complexity index is 799. The molecular weight excluding hydrogens is 317 g/mol. The van der Waals surface area contributed by atoms with Crippen molar-refractivity contribution < 1.29 is 27.4 Å². The van der Waals surface area contributed by atoms with Crippen molar-refractivity contribution in [2.24, 2.45) is 0 Å². The van der Waals surface area contributed by atoms with E-state index in [0.717, 1.165) is 4.57 Å². The summed E-state index contributed by atoms with van der Waals surface area (Å²) >= 11 is 0. The lowest BCUT2D eigenvalue weighted by molar-refractivity contribution is -0.141. The number of benzene rings is 1. The Morgan fingerprint density at radius 2 is 2.00 bits per heavy atom. The van der Waals surface area contributed by atoms with Gasteiger partial charge in [0, 0.05) is 18.0 Å². The molecule has 0 N–H and O–H groups in total. The fraction of sp³-hybridized carbons (Fsp3) is 0.357. The Balaban J connectivity index is 2.69. The molecular formula is C14H13F3N2O4. The first-order valence-electron chi connectivity index (χ1n) is 6.50. The number of esters is 1. The maximum Gasteiger partial charge on any atom is 0.434 e. The average molecular weight is 330 g/mol. The molecule has 0 saturated heterocycles. The lowest BCUT2D eigenvalue weighted by Crippen LogP contribution is -2.28. The van der Waals surface area contributed by atoms with Gasteiger partial charge in [0.2, 0.25) is 0 Å². The number of carbonyl (C=O) groups is 1. The number of hydrogen-bond donors (Lipinski definition) is 0. The molecule has 124 valence electrons. The van der Waals surface area contributed by atoms with Crippen LogP contribution < -0.4 is 10.4 Å². The van der Waals surface area contributed by atoms with Crippen LogP contribution in [0.3, 0.4) is 0 Å². The molecule has 0 aliphatic rings. The number of fused-ring (bicyclic) bond motifs is 1. The normalized spacial score (nSPS) is 11.5. The van der Waals surface area contributed by atoms with E-state index in [4.69, 9.17) is 4.74 Å². The molecule has 9 heteroatoms. The largest absolute Gasteiger partial charge is 0.497 e. The summed E-state index contributed by atoms with van der Waals surface area (Å²) in [5.41, 5.74) is -2.38. The van der Waals surface area contributed by atoms with Crippen LogP contribution in [0.15, 0.2) is 23.0 Å². The highest BCUT2D eigenvalue weighted by Gasteiger charge is 2.36. The van der Waals surface area contributed by atoms with Gasteiger partial charge in [-0.2, -0.15) is 18.2 Å². The molecule has 1 aromatic heterocycles. The summed E-state index contributed by atoms with van der Waals surface area (Å²) in [6.07, 6.45) is -4.94. The number of methoxy groups -OCH3 is 2. The number of alkyl halides is 3. The predicted octanol–water partition coefficient (Wildman–Crippen LogP) is 1.99. The third-order valence-electron chi connectivity index (χ3n) is 3.22. The van der Waals surface area contributed by atoms with Crippen molar-refractivity contribution in [2.75, 3.05) is 14.2 Å². The Morgan fingerprint density at radius 3 is 2.57 bits per heavy atom. The molecule has 6 nitrogen and oxygen atoms in total. The summed E-state index contributed by atoms with van der Waals surface area (Å²) in [5, 5.41) is -0.247. The molecule has 2 aromatic rings. The molecule has 23 heavy (non-hydrogen) atoms. The van der Waals surface area contributed by atoms with Crippen molar-refractivity contribution in [3.05, 3.63) is 34.4 Å². The molecule has 1 aromatic carbocycles. The third kappa shape index (κ3) is 3.43. The van der Waals surface area contributed by atoms with Crippen LogP contribution in [0.25, 0.3) is 10.9 Å². The number of aromatic nitrogens is 2. The molecule has 0 atom stereocenters. The lowest BCUT2D eigenvalue weighted by atomic mass is 10.1. The molecule has 0 saturated carbocycles. The van der Waals surface area contributed by atoms with Gasteiger partial charge in [0.25, 0.3) is 0 Å². The van der Waals surface area contributed by atoms with Gasteiger partial charge in [-0.3, -0.25) is 9.36 Å². The summed E-state index contributed by atoms with van der Waals surface area (Å²) < 4.78 is 49.6. The number of halogens is 3. The molecule has 0 amide bonds. The van der Waals surface area contributed by atoms with E-state index in [2.05, 4.69) is 9.72 Å². The minimum Gasteiger partial charge on any atom is -0.497 e. The maximum absolute atomic E-state index is 13.1. The topological polar surface area (TPSA) is 70.4 Å². The van der Waals surface area contributed by atoms with Gasteiger partial charge in [-0.25, -0.2) is 4.79 Å². The zero-order chi connectivity index (χ0) is 17.2. The van der Waals surface area contributed by atoms with E-state index in [1.54, 1.807) is 0 Å². The number of rotatable bonds is 4. The van der Waals surface area contributed by atoms with Gasteiger partial charge in [-0.15, -0.1) is 0 Å². The van der Waals surface area contributed by atoms with E-state index in [-0.39, 0.29) is 29.6 Å². The van der Waals surface area contributed by atoms with E-state index in [1.807, 2.05) is 0 Å². The molecule has 0 unspecified atom stereocenters. The highest BCUT2D eigenvalue weighted by atomic mass is 19.4. The molecule has 0 aliphatic carbocycles. The predicted molar refractivity (Wildman–Crippen MR) is 74.2 cm³/mol. The highest BCUT2D eigenvalue weighted by molar-refractivity contribution is 5.83. The van der Waals surface area contributed by atoms with Gasteiger partial charge in [-0.1, -0.05) is 0 Å². The SMILES string of the molecule is COC(=O)CCn1c(=O)nc(C(F)(F)F)c2ccc(OC)cc21. The Morgan fingerprint density at radius 1 is 1.30 bits per heavy atom. The van der Waals surface area contributed by atoms with Crippen molar-refractivity contribution in [2.45, 2.75) is 19.1 Å². The molecule has 0 aliphatic heterocycles. The number of carbonyl (C=O) groups excluding carboxylic acids is 1. The Kier molecular flexibility index (Phi) is 4.57. The summed E-state index contributed by atoms with van der Waals surface area (Å²) in [5.74, 6) is -0.309. The summed E-state index contributed by atoms with van der Waals surface area (Å²) in [6.45, 7) is -0.152. The molecule has 0 radical (unpaired) electrons. The minimum atomic E-state index is -4.77. The van der Waals surface area contributed by atoms with Gasteiger partial charge >= 0.3 is 17.8 Å². The second kappa shape index (κ2) is 6.27. The van der Waals surface area contributed by atoms with Gasteiger partial charge in [0.05, 0.1) is 26.2 Å². The van der Waals surface area contributed by atoms with Crippen molar-refractivity contribution >= 4 is 16.9 Å². The number of hydrogen-bond acceptors (Lipinski definition) is 5. The first kappa shape index (κ1) is 16.8. The van der Waals surface area contributed by atoms with Crippen LogP contribution in [-0.2, 0) is 22.3 Å². The Hall–Kier alpha value is -2.58. The smallest absolute Gasteiger partial charge is 0.434 e. The second-order valence-electron chi connectivity index (χ2n) is 4.60. The standard InChI is InChI=1S/C14H13F3N2O4/c1-22-8-3-4-9-10(7-8)19(6-5-11(20)23-2)13(21)18-12(9)14(15,16)17/h3-4,7H,5-6H2,1-2H3. The van der Waals surface area contributed by atoms with Crippen LogP contribution in [0, 0.1) is 0 Å². The van der Waals surface area contributed by atoms with E-state index in [0.29, 0.717) is 0 Å². The maximum atomic E-state index is 13.1. The molecule has 1 heterocycles. The van der Waals surface area contributed by atoms with Crippen molar-refractivity contribution in [3.8, 4) is 5.75 Å². The zero-order valence-electron chi connectivity index (χ0n) is 12.3. The van der Waals surface area contributed by atoms with E-state index < -0.39 is 23.5 Å². The second-order valence-corrected chi connectivity index (χ2v) is 4.60. The quantitative estimate of drug-likeness (QED) is 0.802. The van der Waals surface area contributed by atoms with Gasteiger partial charge < -0.3 is 9.47 Å². The van der Waals surface area contributed by atoms with E-state index in [1.165, 1.54) is 32.4 Å². The fourth-order valence-electron chi connectivity index (χ4n) is 2.12. The summed E-state index contributed by atoms with van der Waals surface area (Å²) in [4.78, 5) is 26.3. The molecule has 0 fully saturated rings. The lowest BCUT2D eigenvalue weighted by Gasteiger charge is -2.14. The third-order valence-corrected chi connectivity index (χ3v) is 3.22. The van der Waals surface area contributed by atoms with E-state index >= 15 is 0 Å². The summed E-state index contributed by atoms with van der Waals surface area (Å²) in [6, 6.07) is 3.82. The van der Waals surface area contributed by atoms with Crippen LogP contribution in [-0.4, -0.2) is 29.7 Å². The first-order valence-corrected chi connectivity index (χ1v) is 6.50. The van der Waals surface area contributed by atoms with Gasteiger partial charge in [-0.05, 0) is 12.1 Å². The van der Waals surface area contributed by atoms with E-state index in [9.17, 15) is 22.8 Å². The Labute approximate surface area is 128 Å². The number of nitrogens with zero attached hydrogens (tertiary/aromatic N) is 2. The van der Waals surface area contributed by atoms with Crippen LogP contribution in [0.5, 0.6) is 5.75 Å². The van der Waals surface area contributed by atoms with Crippen molar-refractivity contribution in [1.29, 1.82) is 0 Å². The first-order chi connectivity index (χ1) is 10.8. The van der Waals surface area contributed by atoms with Gasteiger partial charge in [0.15, 0.2) is 5.69 Å². The average Bonchev–Trinajstić information content (AvgIpc) is 2.51. The number of ether oxygens (including phenoxy) is 2. The summed E-state index contributed by atoms with van der Waals surface area (Å²) in [7, 11) is 2.53. The van der Waals surface area contributed by atoms with Gasteiger partial charge in [0.1, 0.15) is 5.75 Å². The van der Waals surface area contributed by atoms with Crippen molar-refractivity contribution in [1.82, 2.24) is 9.55 Å². The molecule has 2 rings (SSSR count). The number of aryl methyl sites for hydroxylation is 1. The van der Waals surface area contributed by atoms with Crippen LogP contribution in [0.2, 0.25) is 0 Å². The molecule has 0 spiro atoms. The fourth-order valence-corrected chi connectivity index (χ4v) is 2.12. The highest BCUT2D eigenvalue weighted by Crippen LogP contribution is 2.33. The monoisotopic (exact) mass is 330 g/mol. The molecule has 0 bridgehead atoms. The van der Waals surface area contributed by atoms with Crippen LogP contribution in [0.1, 0.15) is 12.1 Å². The van der Waals surface area contributed by atoms with Crippen LogP contribution >= 0.6 is 0 Å². The van der Waals surface area contributed by atoms with Crippen molar-refractivity contribution in [3.63, 3.8) is 0 Å². The minimum absolute atomic E-state index is 0.0134. The zero-order valence-corrected chi connectivity index (χ0v) is 12.3. The van der Waals surface area contributed by atoms with Crippen LogP contribution in [0.4, 0.5) is 13.2 Å².